The van der Waals surface area contributed by atoms with Gasteiger partial charge in [-0.1, -0.05) is 42.0 Å². The van der Waals surface area contributed by atoms with E-state index in [2.05, 4.69) is 40.4 Å². The van der Waals surface area contributed by atoms with Crippen LogP contribution in [-0.4, -0.2) is 74.7 Å². The van der Waals surface area contributed by atoms with E-state index in [0.717, 1.165) is 43.9 Å². The smallest absolute Gasteiger partial charge is 0.243 e. The topological polar surface area (TPSA) is 73.0 Å². The fraction of sp³-hybridized carbons (Fsp3) is 0.500. The van der Waals surface area contributed by atoms with Crippen molar-refractivity contribution in [3.05, 3.63) is 65.2 Å². The van der Waals surface area contributed by atoms with Crippen molar-refractivity contribution in [2.45, 2.75) is 37.8 Å². The van der Waals surface area contributed by atoms with E-state index in [9.17, 15) is 13.2 Å². The normalized spacial score (nSPS) is 19.2. The Kier molecular flexibility index (Phi) is 8.03. The van der Waals surface area contributed by atoms with E-state index >= 15 is 0 Å². The van der Waals surface area contributed by atoms with Crippen LogP contribution in [0.2, 0.25) is 0 Å². The number of amides is 1. The van der Waals surface area contributed by atoms with Crippen LogP contribution in [0.5, 0.6) is 0 Å². The number of benzene rings is 2. The molecular weight excluding hydrogens is 448 g/mol. The molecule has 0 spiro atoms. The number of carbonyl (C=O) groups excluding carboxylic acids is 1. The summed E-state index contributed by atoms with van der Waals surface area (Å²) >= 11 is 0. The molecule has 2 heterocycles. The number of sulfonamides is 1. The molecule has 2 aliphatic rings. The fourth-order valence-electron chi connectivity index (χ4n) is 4.65. The maximum atomic E-state index is 12.9. The van der Waals surface area contributed by atoms with Crippen molar-refractivity contribution >= 4 is 15.9 Å². The number of hydrogen-bond donors (Lipinski definition) is 1. The second kappa shape index (κ2) is 11.0. The lowest BCUT2D eigenvalue weighted by Gasteiger charge is -2.32. The Bertz CT molecular complexity index is 1070. The highest BCUT2D eigenvalue weighted by Gasteiger charge is 2.32. The number of carbonyl (C=O) groups is 1. The monoisotopic (exact) mass is 484 g/mol. The molecule has 2 aliphatic heterocycles. The molecule has 0 unspecified atom stereocenters. The highest BCUT2D eigenvalue weighted by atomic mass is 32.2. The Morgan fingerprint density at radius 2 is 1.59 bits per heavy atom. The number of piperazine rings is 1. The van der Waals surface area contributed by atoms with E-state index in [1.807, 2.05) is 25.1 Å². The van der Waals surface area contributed by atoms with Crippen molar-refractivity contribution in [1.82, 2.24) is 19.4 Å². The molecule has 4 rings (SSSR count). The van der Waals surface area contributed by atoms with Crippen molar-refractivity contribution in [1.29, 1.82) is 0 Å². The third-order valence-corrected chi connectivity index (χ3v) is 8.86. The predicted molar refractivity (Wildman–Crippen MR) is 134 cm³/mol. The number of likely N-dealkylation sites (N-methyl/N-ethyl adjacent to an activating group) is 1. The number of hydrogen-bond acceptors (Lipinski definition) is 5. The highest BCUT2D eigenvalue weighted by Crippen LogP contribution is 2.24. The minimum atomic E-state index is -3.51. The molecule has 0 radical (unpaired) electrons. The molecule has 2 saturated heterocycles. The second-order valence-corrected chi connectivity index (χ2v) is 11.5. The first-order chi connectivity index (χ1) is 16.3. The molecule has 0 aromatic heterocycles. The van der Waals surface area contributed by atoms with Gasteiger partial charge in [-0.15, -0.1) is 0 Å². The van der Waals surface area contributed by atoms with Crippen LogP contribution in [0.15, 0.2) is 53.4 Å². The Balaban J connectivity index is 1.25. The predicted octanol–water partition coefficient (Wildman–Crippen LogP) is 2.46. The molecule has 0 bridgehead atoms. The van der Waals surface area contributed by atoms with E-state index in [-0.39, 0.29) is 11.8 Å². The minimum absolute atomic E-state index is 0.0110. The first-order valence-electron chi connectivity index (χ1n) is 12.1. The summed E-state index contributed by atoms with van der Waals surface area (Å²) in [5, 5.41) is 3.07. The summed E-state index contributed by atoms with van der Waals surface area (Å²) < 4.78 is 27.3. The SMILES string of the molecule is Cc1ccc(S(=O)(=O)N2CCC(C(=O)NCc3cccc(CN4CCN(C)CC4)c3)CC2)cc1. The lowest BCUT2D eigenvalue weighted by atomic mass is 9.97. The molecule has 34 heavy (non-hydrogen) atoms. The van der Waals surface area contributed by atoms with Gasteiger partial charge in [-0.3, -0.25) is 9.69 Å². The van der Waals surface area contributed by atoms with Crippen LogP contribution in [0, 0.1) is 12.8 Å². The van der Waals surface area contributed by atoms with Crippen LogP contribution in [0.1, 0.15) is 29.5 Å². The van der Waals surface area contributed by atoms with Crippen LogP contribution in [0.3, 0.4) is 0 Å². The molecule has 1 amide bonds. The second-order valence-electron chi connectivity index (χ2n) is 9.61. The van der Waals surface area contributed by atoms with E-state index in [0.29, 0.717) is 37.4 Å². The Hall–Kier alpha value is -2.26. The summed E-state index contributed by atoms with van der Waals surface area (Å²) in [5.74, 6) is -0.144. The zero-order chi connectivity index (χ0) is 24.1. The lowest BCUT2D eigenvalue weighted by molar-refractivity contribution is -0.126. The molecule has 2 aromatic rings. The Labute approximate surface area is 203 Å². The van der Waals surface area contributed by atoms with E-state index in [1.165, 1.54) is 9.87 Å². The summed E-state index contributed by atoms with van der Waals surface area (Å²) in [5.41, 5.74) is 3.39. The Morgan fingerprint density at radius 3 is 2.26 bits per heavy atom. The third-order valence-electron chi connectivity index (χ3n) is 6.94. The van der Waals surface area contributed by atoms with Gasteiger partial charge in [-0.25, -0.2) is 8.42 Å². The van der Waals surface area contributed by atoms with Gasteiger partial charge in [0.25, 0.3) is 0 Å². The van der Waals surface area contributed by atoms with Gasteiger partial charge in [-0.2, -0.15) is 4.31 Å². The maximum absolute atomic E-state index is 12.9. The average Bonchev–Trinajstić information content (AvgIpc) is 2.84. The van der Waals surface area contributed by atoms with Crippen LogP contribution in [-0.2, 0) is 27.9 Å². The number of nitrogens with zero attached hydrogens (tertiary/aromatic N) is 3. The van der Waals surface area contributed by atoms with Crippen LogP contribution in [0.4, 0.5) is 0 Å². The fourth-order valence-corrected chi connectivity index (χ4v) is 6.12. The van der Waals surface area contributed by atoms with Crippen molar-refractivity contribution < 1.29 is 13.2 Å². The summed E-state index contributed by atoms with van der Waals surface area (Å²) in [6.45, 7) is 8.46. The standard InChI is InChI=1S/C26H36N4O3S/c1-21-6-8-25(9-7-21)34(32,33)30-12-10-24(11-13-30)26(31)27-19-22-4-3-5-23(18-22)20-29-16-14-28(2)15-17-29/h3-9,18,24H,10-17,19-20H2,1-2H3,(H,27,31). The van der Waals surface area contributed by atoms with Gasteiger partial charge in [-0.05, 0) is 50.1 Å². The Morgan fingerprint density at radius 1 is 0.941 bits per heavy atom. The van der Waals surface area contributed by atoms with Crippen molar-refractivity contribution in [3.63, 3.8) is 0 Å². The molecular formula is C26H36N4O3S. The van der Waals surface area contributed by atoms with Gasteiger partial charge < -0.3 is 10.2 Å². The van der Waals surface area contributed by atoms with Gasteiger partial charge in [0.05, 0.1) is 4.90 Å². The van der Waals surface area contributed by atoms with Crippen molar-refractivity contribution in [2.24, 2.45) is 5.92 Å². The lowest BCUT2D eigenvalue weighted by Crippen LogP contribution is -2.43. The summed E-state index contributed by atoms with van der Waals surface area (Å²) in [6, 6.07) is 15.4. The number of nitrogens with one attached hydrogen (secondary N) is 1. The summed E-state index contributed by atoms with van der Waals surface area (Å²) in [7, 11) is -1.35. The summed E-state index contributed by atoms with van der Waals surface area (Å²) in [6.07, 6.45) is 1.08. The maximum Gasteiger partial charge on any atom is 0.243 e. The third kappa shape index (κ3) is 6.24. The number of rotatable bonds is 7. The van der Waals surface area contributed by atoms with Gasteiger partial charge in [0.15, 0.2) is 0 Å². The summed E-state index contributed by atoms with van der Waals surface area (Å²) in [4.78, 5) is 17.9. The molecule has 2 aromatic carbocycles. The largest absolute Gasteiger partial charge is 0.352 e. The van der Waals surface area contributed by atoms with Gasteiger partial charge in [0.2, 0.25) is 15.9 Å². The number of aryl methyl sites for hydroxylation is 1. The van der Waals surface area contributed by atoms with Gasteiger partial charge in [0.1, 0.15) is 0 Å². The van der Waals surface area contributed by atoms with Crippen LogP contribution < -0.4 is 5.32 Å². The quantitative estimate of drug-likeness (QED) is 0.654. The molecule has 0 saturated carbocycles. The van der Waals surface area contributed by atoms with E-state index < -0.39 is 10.0 Å². The van der Waals surface area contributed by atoms with Crippen molar-refractivity contribution in [2.75, 3.05) is 46.3 Å². The van der Waals surface area contributed by atoms with Gasteiger partial charge in [0, 0.05) is 58.3 Å². The highest BCUT2D eigenvalue weighted by molar-refractivity contribution is 7.89. The zero-order valence-corrected chi connectivity index (χ0v) is 21.1. The average molecular weight is 485 g/mol. The molecule has 184 valence electrons. The first kappa shape index (κ1) is 24.9. The molecule has 7 nitrogen and oxygen atoms in total. The first-order valence-corrected chi connectivity index (χ1v) is 13.6. The minimum Gasteiger partial charge on any atom is -0.352 e. The van der Waals surface area contributed by atoms with Gasteiger partial charge >= 0.3 is 0 Å². The zero-order valence-electron chi connectivity index (χ0n) is 20.2. The van der Waals surface area contributed by atoms with Crippen LogP contribution in [0.25, 0.3) is 0 Å². The molecule has 1 N–H and O–H groups in total. The molecule has 0 aliphatic carbocycles. The van der Waals surface area contributed by atoms with E-state index in [1.54, 1.807) is 12.1 Å². The van der Waals surface area contributed by atoms with E-state index in [4.69, 9.17) is 0 Å². The number of piperidine rings is 1. The molecule has 0 atom stereocenters. The van der Waals surface area contributed by atoms with Crippen LogP contribution >= 0.6 is 0 Å². The molecule has 2 fully saturated rings. The molecule has 8 heteroatoms. The van der Waals surface area contributed by atoms with Crippen molar-refractivity contribution in [3.8, 4) is 0 Å².